The minimum atomic E-state index is 0.143. The quantitative estimate of drug-likeness (QED) is 0.870. The minimum Gasteiger partial charge on any atom is -0.337 e. The number of aromatic nitrogens is 1. The fraction of sp³-hybridized carbons (Fsp3) is 0.412. The zero-order valence-corrected chi connectivity index (χ0v) is 12.0. The highest BCUT2D eigenvalue weighted by Gasteiger charge is 2.36. The van der Waals surface area contributed by atoms with Gasteiger partial charge in [0, 0.05) is 36.3 Å². The molecule has 2 fully saturated rings. The summed E-state index contributed by atoms with van der Waals surface area (Å²) in [5, 5.41) is 4.50. The molecule has 2 atom stereocenters. The van der Waals surface area contributed by atoms with Gasteiger partial charge in [0.25, 0.3) is 5.91 Å². The average Bonchev–Trinajstić information content (AvgIpc) is 2.97. The Hall–Kier alpha value is -1.94. The van der Waals surface area contributed by atoms with Crippen molar-refractivity contribution in [3.05, 3.63) is 42.1 Å². The van der Waals surface area contributed by atoms with Crippen LogP contribution >= 0.6 is 0 Å². The van der Waals surface area contributed by atoms with Gasteiger partial charge in [0.15, 0.2) is 0 Å². The maximum Gasteiger partial charge on any atom is 0.254 e. The molecule has 2 aromatic rings. The van der Waals surface area contributed by atoms with Crippen LogP contribution in [0.3, 0.4) is 0 Å². The van der Waals surface area contributed by atoms with Crippen LogP contribution in [0.15, 0.2) is 36.5 Å². The normalized spacial score (nSPS) is 25.0. The van der Waals surface area contributed by atoms with E-state index >= 15 is 0 Å². The number of carbonyl (C=O) groups is 1. The summed E-state index contributed by atoms with van der Waals surface area (Å²) in [7, 11) is 0. The summed E-state index contributed by atoms with van der Waals surface area (Å²) >= 11 is 0. The topological polar surface area (TPSA) is 45.2 Å². The molecule has 0 aliphatic carbocycles. The molecule has 0 spiro atoms. The smallest absolute Gasteiger partial charge is 0.254 e. The molecule has 2 aliphatic rings. The van der Waals surface area contributed by atoms with Crippen molar-refractivity contribution in [1.82, 2.24) is 15.2 Å². The second-order valence-corrected chi connectivity index (χ2v) is 6.05. The van der Waals surface area contributed by atoms with Crippen LogP contribution in [0.5, 0.6) is 0 Å². The van der Waals surface area contributed by atoms with E-state index in [9.17, 15) is 4.79 Å². The highest BCUT2D eigenvalue weighted by molar-refractivity contribution is 6.06. The second-order valence-electron chi connectivity index (χ2n) is 6.05. The van der Waals surface area contributed by atoms with E-state index in [4.69, 9.17) is 0 Å². The van der Waals surface area contributed by atoms with Crippen LogP contribution in [-0.2, 0) is 0 Å². The van der Waals surface area contributed by atoms with Gasteiger partial charge in [-0.15, -0.1) is 0 Å². The van der Waals surface area contributed by atoms with E-state index in [0.29, 0.717) is 12.0 Å². The van der Waals surface area contributed by atoms with Crippen molar-refractivity contribution in [2.24, 2.45) is 5.92 Å². The van der Waals surface area contributed by atoms with Crippen LogP contribution in [0.25, 0.3) is 10.9 Å². The summed E-state index contributed by atoms with van der Waals surface area (Å²) in [5.41, 5.74) is 1.66. The summed E-state index contributed by atoms with van der Waals surface area (Å²) in [6.45, 7) is 2.80. The van der Waals surface area contributed by atoms with Crippen LogP contribution in [0.1, 0.15) is 23.2 Å². The molecule has 21 heavy (non-hydrogen) atoms. The third kappa shape index (κ3) is 2.20. The van der Waals surface area contributed by atoms with Crippen molar-refractivity contribution in [3.63, 3.8) is 0 Å². The van der Waals surface area contributed by atoms with Gasteiger partial charge in [-0.2, -0.15) is 0 Å². The molecule has 3 heterocycles. The maximum absolute atomic E-state index is 12.9. The number of amides is 1. The Morgan fingerprint density at radius 1 is 1.24 bits per heavy atom. The molecule has 1 N–H and O–H groups in total. The predicted molar refractivity (Wildman–Crippen MR) is 82.2 cm³/mol. The zero-order valence-electron chi connectivity index (χ0n) is 12.0. The minimum absolute atomic E-state index is 0.143. The number of fused-ring (bicyclic) bond motifs is 2. The number of rotatable bonds is 1. The zero-order chi connectivity index (χ0) is 14.2. The lowest BCUT2D eigenvalue weighted by atomic mass is 9.94. The largest absolute Gasteiger partial charge is 0.337 e. The molecular formula is C17H19N3O. The molecule has 0 bridgehead atoms. The molecule has 108 valence electrons. The lowest BCUT2D eigenvalue weighted by Crippen LogP contribution is -2.41. The first kappa shape index (κ1) is 12.8. The summed E-state index contributed by atoms with van der Waals surface area (Å²) in [6.07, 6.45) is 4.23. The number of piperidine rings is 1. The number of nitrogens with one attached hydrogen (secondary N) is 1. The van der Waals surface area contributed by atoms with E-state index in [1.165, 1.54) is 12.8 Å². The van der Waals surface area contributed by atoms with Crippen molar-refractivity contribution in [1.29, 1.82) is 0 Å². The monoisotopic (exact) mass is 281 g/mol. The highest BCUT2D eigenvalue weighted by atomic mass is 16.2. The Balaban J connectivity index is 1.65. The summed E-state index contributed by atoms with van der Waals surface area (Å²) in [5.74, 6) is 0.764. The first-order chi connectivity index (χ1) is 10.3. The molecule has 4 nitrogen and oxygen atoms in total. The van der Waals surface area contributed by atoms with Crippen molar-refractivity contribution >= 4 is 16.8 Å². The van der Waals surface area contributed by atoms with E-state index < -0.39 is 0 Å². The average molecular weight is 281 g/mol. The van der Waals surface area contributed by atoms with Crippen LogP contribution in [0.4, 0.5) is 0 Å². The van der Waals surface area contributed by atoms with Crippen molar-refractivity contribution in [3.8, 4) is 0 Å². The first-order valence-electron chi connectivity index (χ1n) is 7.69. The first-order valence-corrected chi connectivity index (χ1v) is 7.69. The number of carbonyl (C=O) groups excluding carboxylic acids is 1. The van der Waals surface area contributed by atoms with Gasteiger partial charge in [-0.25, -0.2) is 0 Å². The van der Waals surface area contributed by atoms with Gasteiger partial charge in [-0.1, -0.05) is 12.1 Å². The molecule has 1 aromatic heterocycles. The third-order valence-electron chi connectivity index (χ3n) is 4.76. The molecule has 0 radical (unpaired) electrons. The van der Waals surface area contributed by atoms with Gasteiger partial charge >= 0.3 is 0 Å². The summed E-state index contributed by atoms with van der Waals surface area (Å²) in [4.78, 5) is 19.2. The molecule has 1 aromatic carbocycles. The van der Waals surface area contributed by atoms with Crippen LogP contribution in [0.2, 0.25) is 0 Å². The molecule has 0 saturated carbocycles. The van der Waals surface area contributed by atoms with Gasteiger partial charge in [-0.05, 0) is 43.5 Å². The Morgan fingerprint density at radius 2 is 2.19 bits per heavy atom. The Kier molecular flexibility index (Phi) is 3.11. The summed E-state index contributed by atoms with van der Waals surface area (Å²) < 4.78 is 0. The number of hydrogen-bond acceptors (Lipinski definition) is 3. The Morgan fingerprint density at radius 3 is 3.10 bits per heavy atom. The van der Waals surface area contributed by atoms with E-state index in [-0.39, 0.29) is 5.91 Å². The van der Waals surface area contributed by atoms with Gasteiger partial charge in [0.05, 0.1) is 5.52 Å². The highest BCUT2D eigenvalue weighted by Crippen LogP contribution is 2.27. The second kappa shape index (κ2) is 5.11. The number of benzene rings is 1. The van der Waals surface area contributed by atoms with Gasteiger partial charge in [0.2, 0.25) is 0 Å². The lowest BCUT2D eigenvalue weighted by Gasteiger charge is -2.24. The Bertz CT molecular complexity index is 665. The molecule has 2 saturated heterocycles. The number of likely N-dealkylation sites (tertiary alicyclic amines) is 1. The van der Waals surface area contributed by atoms with Gasteiger partial charge in [0.1, 0.15) is 0 Å². The van der Waals surface area contributed by atoms with Crippen molar-refractivity contribution in [2.45, 2.75) is 18.9 Å². The molecule has 1 amide bonds. The van der Waals surface area contributed by atoms with Gasteiger partial charge in [-0.3, -0.25) is 9.78 Å². The molecule has 4 heteroatoms. The van der Waals surface area contributed by atoms with E-state index in [2.05, 4.69) is 10.3 Å². The fourth-order valence-corrected chi connectivity index (χ4v) is 3.67. The Labute approximate surface area is 124 Å². The van der Waals surface area contributed by atoms with Crippen LogP contribution in [-0.4, -0.2) is 41.5 Å². The molecule has 0 unspecified atom stereocenters. The van der Waals surface area contributed by atoms with Crippen molar-refractivity contribution < 1.29 is 4.79 Å². The molecular weight excluding hydrogens is 262 g/mol. The number of nitrogens with zero attached hydrogens (tertiary/aromatic N) is 2. The van der Waals surface area contributed by atoms with Gasteiger partial charge < -0.3 is 10.2 Å². The van der Waals surface area contributed by atoms with Crippen molar-refractivity contribution in [2.75, 3.05) is 19.6 Å². The summed E-state index contributed by atoms with van der Waals surface area (Å²) in [6, 6.07) is 10.2. The number of pyridine rings is 1. The molecule has 2 aliphatic heterocycles. The standard InChI is InChI=1S/C17H19N3O/c21-17(20-10-12-4-2-8-19-16(12)11-20)14-5-1-7-15-13(14)6-3-9-18-15/h1,3,5-7,9,12,16,19H,2,4,8,10-11H2/t12-,16+/m0/s1. The predicted octanol–water partition coefficient (Wildman–Crippen LogP) is 2.06. The third-order valence-corrected chi connectivity index (χ3v) is 4.76. The van der Waals surface area contributed by atoms with Crippen LogP contribution < -0.4 is 5.32 Å². The number of hydrogen-bond donors (Lipinski definition) is 1. The fourth-order valence-electron chi connectivity index (χ4n) is 3.67. The van der Waals surface area contributed by atoms with E-state index in [0.717, 1.165) is 36.1 Å². The maximum atomic E-state index is 12.9. The molecule has 4 rings (SSSR count). The van der Waals surface area contributed by atoms with Crippen LogP contribution in [0, 0.1) is 5.92 Å². The SMILES string of the molecule is O=C(c1cccc2ncccc12)N1C[C@@H]2CCCN[C@@H]2C1. The van der Waals surface area contributed by atoms with E-state index in [1.807, 2.05) is 35.2 Å². The van der Waals surface area contributed by atoms with E-state index in [1.54, 1.807) is 6.20 Å². The lowest BCUT2D eigenvalue weighted by molar-refractivity contribution is 0.0787.